The third-order valence-corrected chi connectivity index (χ3v) is 4.90. The lowest BCUT2D eigenvalue weighted by Gasteiger charge is -2.21. The number of rotatable bonds is 10. The maximum Gasteiger partial charge on any atom is 0.191 e. The lowest BCUT2D eigenvalue weighted by Crippen LogP contribution is -2.40. The van der Waals surface area contributed by atoms with Crippen LogP contribution < -0.4 is 10.6 Å². The molecule has 3 N–H and O–H groups in total. The molecule has 0 radical (unpaired) electrons. The van der Waals surface area contributed by atoms with E-state index in [0.29, 0.717) is 6.54 Å². The van der Waals surface area contributed by atoms with Gasteiger partial charge in [0, 0.05) is 18.0 Å². The molecule has 0 saturated carbocycles. The highest BCUT2D eigenvalue weighted by atomic mass is 32.1. The number of nitrogens with zero attached hydrogens (tertiary/aromatic N) is 2. The van der Waals surface area contributed by atoms with Crippen molar-refractivity contribution in [2.45, 2.75) is 39.7 Å². The maximum atomic E-state index is 10.5. The van der Waals surface area contributed by atoms with Gasteiger partial charge in [0.15, 0.2) is 5.96 Å². The molecular formula is C17H32N4OS. The molecule has 1 heterocycles. The molecule has 0 spiro atoms. The van der Waals surface area contributed by atoms with Gasteiger partial charge in [-0.15, -0.1) is 11.3 Å². The molecule has 0 aliphatic rings. The molecule has 6 heteroatoms. The van der Waals surface area contributed by atoms with Crippen molar-refractivity contribution in [1.29, 1.82) is 0 Å². The van der Waals surface area contributed by atoms with Crippen molar-refractivity contribution < 1.29 is 5.11 Å². The molecule has 23 heavy (non-hydrogen) atoms. The van der Waals surface area contributed by atoms with Gasteiger partial charge in [-0.1, -0.05) is 19.9 Å². The van der Waals surface area contributed by atoms with Crippen LogP contribution in [-0.4, -0.2) is 55.2 Å². The van der Waals surface area contributed by atoms with Gasteiger partial charge < -0.3 is 20.6 Å². The molecule has 1 rings (SSSR count). The summed E-state index contributed by atoms with van der Waals surface area (Å²) < 4.78 is 0. The van der Waals surface area contributed by atoms with Gasteiger partial charge in [0.25, 0.3) is 0 Å². The lowest BCUT2D eigenvalue weighted by atomic mass is 10.1. The van der Waals surface area contributed by atoms with E-state index in [4.69, 9.17) is 0 Å². The fourth-order valence-electron chi connectivity index (χ4n) is 2.29. The quantitative estimate of drug-likeness (QED) is 0.347. The van der Waals surface area contributed by atoms with Crippen molar-refractivity contribution in [3.05, 3.63) is 22.4 Å². The zero-order chi connectivity index (χ0) is 17.1. The molecule has 0 saturated heterocycles. The first-order chi connectivity index (χ1) is 11.0. The highest BCUT2D eigenvalue weighted by Gasteiger charge is 2.23. The Balaban J connectivity index is 2.47. The van der Waals surface area contributed by atoms with Gasteiger partial charge >= 0.3 is 0 Å². The maximum absolute atomic E-state index is 10.5. The van der Waals surface area contributed by atoms with Gasteiger partial charge in [-0.3, -0.25) is 0 Å². The molecule has 0 bridgehead atoms. The number of hydrogen-bond acceptors (Lipinski definition) is 4. The van der Waals surface area contributed by atoms with E-state index in [-0.39, 0.29) is 0 Å². The van der Waals surface area contributed by atoms with E-state index in [0.717, 1.165) is 50.0 Å². The number of aliphatic hydroxyl groups is 1. The molecule has 0 aromatic carbocycles. The van der Waals surface area contributed by atoms with Crippen molar-refractivity contribution in [1.82, 2.24) is 15.5 Å². The summed E-state index contributed by atoms with van der Waals surface area (Å²) in [5.41, 5.74) is -0.919. The molecule has 1 unspecified atom stereocenters. The van der Waals surface area contributed by atoms with Crippen LogP contribution in [-0.2, 0) is 5.60 Å². The zero-order valence-corrected chi connectivity index (χ0v) is 15.7. The Labute approximate surface area is 144 Å². The van der Waals surface area contributed by atoms with Crippen molar-refractivity contribution in [3.8, 4) is 0 Å². The minimum Gasteiger partial charge on any atom is -0.383 e. The molecule has 1 aromatic rings. The molecule has 0 aliphatic carbocycles. The predicted octanol–water partition coefficient (Wildman–Crippen LogP) is 2.24. The van der Waals surface area contributed by atoms with Crippen LogP contribution in [0.25, 0.3) is 0 Å². The fraction of sp³-hybridized carbons (Fsp3) is 0.706. The summed E-state index contributed by atoms with van der Waals surface area (Å²) in [6.07, 6.45) is 1.08. The van der Waals surface area contributed by atoms with Crippen molar-refractivity contribution in [2.75, 3.05) is 39.3 Å². The second kappa shape index (κ2) is 10.6. The molecule has 0 amide bonds. The first-order valence-corrected chi connectivity index (χ1v) is 9.42. The van der Waals surface area contributed by atoms with Crippen LogP contribution in [0, 0.1) is 0 Å². The van der Waals surface area contributed by atoms with Gasteiger partial charge in [-0.2, -0.15) is 0 Å². The third-order valence-electron chi connectivity index (χ3n) is 3.78. The topological polar surface area (TPSA) is 59.9 Å². The van der Waals surface area contributed by atoms with Crippen LogP contribution in [0.3, 0.4) is 0 Å². The average molecular weight is 341 g/mol. The second-order valence-corrected chi connectivity index (χ2v) is 6.70. The van der Waals surface area contributed by atoms with E-state index in [9.17, 15) is 5.11 Å². The van der Waals surface area contributed by atoms with Gasteiger partial charge in [-0.05, 0) is 51.3 Å². The summed E-state index contributed by atoms with van der Waals surface area (Å²) in [5, 5.41) is 19.1. The van der Waals surface area contributed by atoms with Crippen molar-refractivity contribution in [3.63, 3.8) is 0 Å². The number of aliphatic imine (C=N–C) groups is 1. The number of hydrogen-bond donors (Lipinski definition) is 3. The monoisotopic (exact) mass is 340 g/mol. The summed E-state index contributed by atoms with van der Waals surface area (Å²) in [4.78, 5) is 7.89. The predicted molar refractivity (Wildman–Crippen MR) is 100 cm³/mol. The molecule has 0 aliphatic heterocycles. The Bertz CT molecular complexity index is 441. The van der Waals surface area contributed by atoms with Crippen LogP contribution in [0.15, 0.2) is 22.5 Å². The van der Waals surface area contributed by atoms with Crippen LogP contribution in [0.2, 0.25) is 0 Å². The SMILES string of the molecule is CCNC(=NCC(C)(O)c1cccs1)NCCCN(CC)CC. The molecule has 1 aromatic heterocycles. The summed E-state index contributed by atoms with van der Waals surface area (Å²) in [6, 6.07) is 3.90. The average Bonchev–Trinajstić information content (AvgIpc) is 3.08. The van der Waals surface area contributed by atoms with Gasteiger partial charge in [0.1, 0.15) is 5.60 Å². The normalized spacial score (nSPS) is 14.8. The lowest BCUT2D eigenvalue weighted by molar-refractivity contribution is 0.0711. The van der Waals surface area contributed by atoms with E-state index in [2.05, 4.69) is 34.4 Å². The molecule has 1 atom stereocenters. The summed E-state index contributed by atoms with van der Waals surface area (Å²) in [6.45, 7) is 13.5. The van der Waals surface area contributed by atoms with Crippen LogP contribution >= 0.6 is 11.3 Å². The Hall–Kier alpha value is -1.11. The highest BCUT2D eigenvalue weighted by Crippen LogP contribution is 2.25. The first kappa shape index (κ1) is 19.9. The Morgan fingerprint density at radius 1 is 1.30 bits per heavy atom. The standard InChI is InChI=1S/C17H32N4OS/c1-5-18-16(19-11-9-12-21(6-2)7-3)20-14-17(4,22)15-10-8-13-23-15/h8,10,13,22H,5-7,9,11-12,14H2,1-4H3,(H2,18,19,20). The largest absolute Gasteiger partial charge is 0.383 e. The Morgan fingerprint density at radius 2 is 2.04 bits per heavy atom. The Morgan fingerprint density at radius 3 is 2.61 bits per heavy atom. The van der Waals surface area contributed by atoms with Crippen molar-refractivity contribution in [2.24, 2.45) is 4.99 Å². The molecular weight excluding hydrogens is 308 g/mol. The fourth-order valence-corrected chi connectivity index (χ4v) is 3.07. The summed E-state index contributed by atoms with van der Waals surface area (Å²) >= 11 is 1.56. The second-order valence-electron chi connectivity index (χ2n) is 5.75. The smallest absolute Gasteiger partial charge is 0.191 e. The van der Waals surface area contributed by atoms with E-state index in [1.165, 1.54) is 0 Å². The minimum atomic E-state index is -0.919. The van der Waals surface area contributed by atoms with Crippen LogP contribution in [0.1, 0.15) is 39.0 Å². The first-order valence-electron chi connectivity index (χ1n) is 8.54. The molecule has 5 nitrogen and oxygen atoms in total. The van der Waals surface area contributed by atoms with Crippen LogP contribution in [0.5, 0.6) is 0 Å². The zero-order valence-electron chi connectivity index (χ0n) is 14.9. The Kier molecular flexibility index (Phi) is 9.21. The van der Waals surface area contributed by atoms with Crippen LogP contribution in [0.4, 0.5) is 0 Å². The van der Waals surface area contributed by atoms with E-state index in [1.807, 2.05) is 31.4 Å². The third kappa shape index (κ3) is 7.33. The number of guanidine groups is 1. The number of thiophene rings is 1. The van der Waals surface area contributed by atoms with E-state index < -0.39 is 5.60 Å². The summed E-state index contributed by atoms with van der Waals surface area (Å²) in [7, 11) is 0. The van der Waals surface area contributed by atoms with E-state index >= 15 is 0 Å². The van der Waals surface area contributed by atoms with Crippen molar-refractivity contribution >= 4 is 17.3 Å². The van der Waals surface area contributed by atoms with Gasteiger partial charge in [0.05, 0.1) is 6.54 Å². The molecule has 132 valence electrons. The number of nitrogens with one attached hydrogen (secondary N) is 2. The minimum absolute atomic E-state index is 0.346. The van der Waals surface area contributed by atoms with Gasteiger partial charge in [0.2, 0.25) is 0 Å². The highest BCUT2D eigenvalue weighted by molar-refractivity contribution is 7.10. The molecule has 0 fully saturated rings. The van der Waals surface area contributed by atoms with E-state index in [1.54, 1.807) is 11.3 Å². The van der Waals surface area contributed by atoms with Gasteiger partial charge in [-0.25, -0.2) is 4.99 Å². The summed E-state index contributed by atoms with van der Waals surface area (Å²) in [5.74, 6) is 0.767.